The fourth-order valence-electron chi connectivity index (χ4n) is 2.85. The van der Waals surface area contributed by atoms with Crippen molar-refractivity contribution in [2.45, 2.75) is 4.90 Å². The van der Waals surface area contributed by atoms with Crippen LogP contribution < -0.4 is 0 Å². The Bertz CT molecular complexity index is 1020. The second-order valence-electron chi connectivity index (χ2n) is 6.16. The molecule has 3 rings (SSSR count). The van der Waals surface area contributed by atoms with Crippen LogP contribution in [0.1, 0.15) is 5.56 Å². The lowest BCUT2D eigenvalue weighted by molar-refractivity contribution is -0.127. The number of halogens is 3. The largest absolute Gasteiger partial charge is 0.337 e. The van der Waals surface area contributed by atoms with Gasteiger partial charge in [0.1, 0.15) is 16.5 Å². The molecule has 1 fully saturated rings. The maximum Gasteiger partial charge on any atom is 0.246 e. The summed E-state index contributed by atoms with van der Waals surface area (Å²) in [5, 5.41) is 0. The predicted molar refractivity (Wildman–Crippen MR) is 105 cm³/mol. The molecule has 0 atom stereocenters. The molecule has 2 aromatic carbocycles. The lowest BCUT2D eigenvalue weighted by Crippen LogP contribution is -2.50. The van der Waals surface area contributed by atoms with Gasteiger partial charge in [-0.1, -0.05) is 34.1 Å². The van der Waals surface area contributed by atoms with E-state index in [1.807, 2.05) is 24.3 Å². The highest BCUT2D eigenvalue weighted by molar-refractivity contribution is 9.10. The van der Waals surface area contributed by atoms with Crippen LogP contribution in [0.4, 0.5) is 8.78 Å². The zero-order valence-corrected chi connectivity index (χ0v) is 17.1. The van der Waals surface area contributed by atoms with Gasteiger partial charge in [-0.3, -0.25) is 4.79 Å². The first-order valence-electron chi connectivity index (χ1n) is 8.46. The van der Waals surface area contributed by atoms with Crippen LogP contribution in [-0.2, 0) is 14.8 Å². The molecule has 1 aliphatic heterocycles. The van der Waals surface area contributed by atoms with E-state index < -0.39 is 26.6 Å². The minimum Gasteiger partial charge on any atom is -0.337 e. The van der Waals surface area contributed by atoms with Gasteiger partial charge < -0.3 is 4.90 Å². The summed E-state index contributed by atoms with van der Waals surface area (Å²) in [6, 6.07) is 9.80. The molecule has 0 aliphatic carbocycles. The van der Waals surface area contributed by atoms with Gasteiger partial charge in [-0.25, -0.2) is 17.2 Å². The molecule has 0 N–H and O–H groups in total. The van der Waals surface area contributed by atoms with Gasteiger partial charge in [-0.15, -0.1) is 0 Å². The van der Waals surface area contributed by atoms with E-state index >= 15 is 0 Å². The molecule has 0 radical (unpaired) electrons. The van der Waals surface area contributed by atoms with E-state index in [0.717, 1.165) is 26.5 Å². The topological polar surface area (TPSA) is 57.7 Å². The molecule has 0 bridgehead atoms. The number of rotatable bonds is 4. The Balaban J connectivity index is 1.65. The van der Waals surface area contributed by atoms with E-state index in [1.54, 1.807) is 6.08 Å². The van der Waals surface area contributed by atoms with E-state index in [9.17, 15) is 22.0 Å². The minimum absolute atomic E-state index is 0.0355. The van der Waals surface area contributed by atoms with Crippen LogP contribution >= 0.6 is 15.9 Å². The molecule has 148 valence electrons. The number of hydrogen-bond donors (Lipinski definition) is 0. The Morgan fingerprint density at radius 3 is 2.36 bits per heavy atom. The monoisotopic (exact) mass is 470 g/mol. The molecule has 0 unspecified atom stereocenters. The summed E-state index contributed by atoms with van der Waals surface area (Å²) >= 11 is 3.40. The molecular formula is C19H17BrF2N2O3S. The van der Waals surface area contributed by atoms with Crippen molar-refractivity contribution in [3.8, 4) is 0 Å². The summed E-state index contributed by atoms with van der Waals surface area (Å²) < 4.78 is 54.0. The van der Waals surface area contributed by atoms with Crippen LogP contribution in [0.25, 0.3) is 6.08 Å². The van der Waals surface area contributed by atoms with Crippen LogP contribution in [0.5, 0.6) is 0 Å². The van der Waals surface area contributed by atoms with Crippen LogP contribution in [0.2, 0.25) is 0 Å². The average molecular weight is 471 g/mol. The Labute approximate surface area is 170 Å². The molecule has 28 heavy (non-hydrogen) atoms. The zero-order chi connectivity index (χ0) is 20.3. The summed E-state index contributed by atoms with van der Waals surface area (Å²) in [4.78, 5) is 13.3. The number of sulfonamides is 1. The number of amides is 1. The van der Waals surface area contributed by atoms with E-state index in [0.29, 0.717) is 6.07 Å². The van der Waals surface area contributed by atoms with Crippen molar-refractivity contribution in [3.63, 3.8) is 0 Å². The van der Waals surface area contributed by atoms with Crippen molar-refractivity contribution in [2.24, 2.45) is 0 Å². The van der Waals surface area contributed by atoms with Gasteiger partial charge in [0.15, 0.2) is 0 Å². The van der Waals surface area contributed by atoms with E-state index in [1.165, 1.54) is 11.0 Å². The number of benzene rings is 2. The molecule has 5 nitrogen and oxygen atoms in total. The maximum atomic E-state index is 13.9. The summed E-state index contributed by atoms with van der Waals surface area (Å²) in [7, 11) is -4.09. The molecule has 1 saturated heterocycles. The summed E-state index contributed by atoms with van der Waals surface area (Å²) in [6.07, 6.45) is 3.12. The Morgan fingerprint density at radius 1 is 1.04 bits per heavy atom. The smallest absolute Gasteiger partial charge is 0.246 e. The molecule has 9 heteroatoms. The van der Waals surface area contributed by atoms with Gasteiger partial charge in [0, 0.05) is 42.8 Å². The molecule has 1 heterocycles. The molecule has 0 aromatic heterocycles. The summed E-state index contributed by atoms with van der Waals surface area (Å²) in [5.74, 6) is -2.21. The van der Waals surface area contributed by atoms with E-state index in [2.05, 4.69) is 15.9 Å². The van der Waals surface area contributed by atoms with Crippen molar-refractivity contribution in [2.75, 3.05) is 26.2 Å². The fraction of sp³-hybridized carbons (Fsp3) is 0.211. The molecule has 1 aliphatic rings. The number of carbonyl (C=O) groups is 1. The standard InChI is InChI=1S/C19H17BrF2N2O3S/c20-16-4-2-1-3-14(16)5-8-19(25)23-9-11-24(12-10-23)28(26,27)18-7-6-15(21)13-17(18)22/h1-8,13H,9-12H2/b8-5+. The number of hydrogen-bond acceptors (Lipinski definition) is 3. The van der Waals surface area contributed by atoms with Crippen LogP contribution in [0.3, 0.4) is 0 Å². The van der Waals surface area contributed by atoms with Gasteiger partial charge in [0.25, 0.3) is 0 Å². The molecule has 2 aromatic rings. The second kappa shape index (κ2) is 8.50. The Morgan fingerprint density at radius 2 is 1.71 bits per heavy atom. The van der Waals surface area contributed by atoms with E-state index in [4.69, 9.17) is 0 Å². The van der Waals surface area contributed by atoms with Crippen molar-refractivity contribution in [1.29, 1.82) is 0 Å². The lowest BCUT2D eigenvalue weighted by Gasteiger charge is -2.33. The van der Waals surface area contributed by atoms with Gasteiger partial charge in [-0.05, 0) is 29.8 Å². The number of carbonyl (C=O) groups excluding carboxylic acids is 1. The Kier molecular flexibility index (Phi) is 6.26. The average Bonchev–Trinajstić information content (AvgIpc) is 2.67. The van der Waals surface area contributed by atoms with Gasteiger partial charge in [0.2, 0.25) is 15.9 Å². The minimum atomic E-state index is -4.09. The third-order valence-electron chi connectivity index (χ3n) is 4.37. The summed E-state index contributed by atoms with van der Waals surface area (Å²) in [6.45, 7) is 0.434. The third-order valence-corrected chi connectivity index (χ3v) is 7.03. The van der Waals surface area contributed by atoms with Gasteiger partial charge in [-0.2, -0.15) is 4.31 Å². The molecule has 0 spiro atoms. The number of piperazine rings is 1. The molecule has 1 amide bonds. The number of nitrogens with zero attached hydrogens (tertiary/aromatic N) is 2. The van der Waals surface area contributed by atoms with Gasteiger partial charge >= 0.3 is 0 Å². The van der Waals surface area contributed by atoms with E-state index in [-0.39, 0.29) is 32.1 Å². The first kappa shape index (κ1) is 20.6. The van der Waals surface area contributed by atoms with Crippen LogP contribution in [-0.4, -0.2) is 49.7 Å². The first-order valence-corrected chi connectivity index (χ1v) is 10.7. The molecule has 0 saturated carbocycles. The predicted octanol–water partition coefficient (Wildman–Crippen LogP) is 3.27. The van der Waals surface area contributed by atoms with Gasteiger partial charge in [0.05, 0.1) is 0 Å². The van der Waals surface area contributed by atoms with Crippen molar-refractivity contribution < 1.29 is 22.0 Å². The summed E-state index contributed by atoms with van der Waals surface area (Å²) in [5.41, 5.74) is 0.851. The van der Waals surface area contributed by atoms with Crippen molar-refractivity contribution >= 4 is 37.9 Å². The highest BCUT2D eigenvalue weighted by atomic mass is 79.9. The fourth-order valence-corrected chi connectivity index (χ4v) is 4.73. The normalized spacial score (nSPS) is 15.9. The second-order valence-corrected chi connectivity index (χ2v) is 8.92. The highest BCUT2D eigenvalue weighted by Crippen LogP contribution is 2.22. The maximum absolute atomic E-state index is 13.9. The Hall–Kier alpha value is -2.10. The first-order chi connectivity index (χ1) is 13.3. The zero-order valence-electron chi connectivity index (χ0n) is 14.7. The third kappa shape index (κ3) is 4.48. The lowest BCUT2D eigenvalue weighted by atomic mass is 10.2. The van der Waals surface area contributed by atoms with Crippen LogP contribution in [0, 0.1) is 11.6 Å². The van der Waals surface area contributed by atoms with Crippen LogP contribution in [0.15, 0.2) is 57.9 Å². The molecular weight excluding hydrogens is 454 g/mol. The quantitative estimate of drug-likeness (QED) is 0.644. The highest BCUT2D eigenvalue weighted by Gasteiger charge is 2.31. The van der Waals surface area contributed by atoms with Crippen molar-refractivity contribution in [3.05, 3.63) is 70.2 Å². The van der Waals surface area contributed by atoms with Crippen molar-refractivity contribution in [1.82, 2.24) is 9.21 Å². The SMILES string of the molecule is O=C(/C=C/c1ccccc1Br)N1CCN(S(=O)(=O)c2ccc(F)cc2F)CC1.